The van der Waals surface area contributed by atoms with Crippen LogP contribution in [0.4, 0.5) is 4.79 Å². The van der Waals surface area contributed by atoms with Crippen LogP contribution in [0.3, 0.4) is 0 Å². The van der Waals surface area contributed by atoms with E-state index in [4.69, 9.17) is 4.74 Å². The summed E-state index contributed by atoms with van der Waals surface area (Å²) in [6, 6.07) is 6.72. The molecule has 1 aromatic rings. The fourth-order valence-electron chi connectivity index (χ4n) is 2.88. The van der Waals surface area contributed by atoms with Crippen molar-refractivity contribution in [3.05, 3.63) is 30.1 Å². The van der Waals surface area contributed by atoms with Gasteiger partial charge in [0, 0.05) is 25.3 Å². The molecule has 1 N–H and O–H groups in total. The topological polar surface area (TPSA) is 54.5 Å². The number of piperidine rings is 1. The summed E-state index contributed by atoms with van der Waals surface area (Å²) < 4.78 is 5.06. The van der Waals surface area contributed by atoms with E-state index in [9.17, 15) is 4.79 Å². The summed E-state index contributed by atoms with van der Waals surface area (Å²) in [5.41, 5.74) is 1.09. The molecule has 5 nitrogen and oxygen atoms in total. The van der Waals surface area contributed by atoms with Gasteiger partial charge in [0.15, 0.2) is 0 Å². The molecular weight excluding hydrogens is 278 g/mol. The van der Waals surface area contributed by atoms with Crippen LogP contribution in [0.15, 0.2) is 24.4 Å². The van der Waals surface area contributed by atoms with Crippen molar-refractivity contribution in [2.45, 2.75) is 45.7 Å². The van der Waals surface area contributed by atoms with Crippen molar-refractivity contribution < 1.29 is 9.53 Å². The number of rotatable bonds is 5. The van der Waals surface area contributed by atoms with Crippen molar-refractivity contribution in [2.24, 2.45) is 5.92 Å². The fraction of sp³-hybridized carbons (Fsp3) is 0.647. The number of nitrogens with one attached hydrogen (secondary N) is 1. The Labute approximate surface area is 133 Å². The minimum atomic E-state index is -0.189. The van der Waals surface area contributed by atoms with Gasteiger partial charge in [-0.2, -0.15) is 0 Å². The molecule has 0 unspecified atom stereocenters. The molecule has 1 aromatic heterocycles. The van der Waals surface area contributed by atoms with Crippen LogP contribution in [0.25, 0.3) is 0 Å². The number of aromatic nitrogens is 1. The Bertz CT molecular complexity index is 456. The van der Waals surface area contributed by atoms with E-state index in [-0.39, 0.29) is 12.1 Å². The first-order valence-electron chi connectivity index (χ1n) is 8.20. The van der Waals surface area contributed by atoms with Crippen molar-refractivity contribution in [1.29, 1.82) is 0 Å². The van der Waals surface area contributed by atoms with Crippen LogP contribution in [-0.4, -0.2) is 41.7 Å². The van der Waals surface area contributed by atoms with E-state index in [1.807, 2.05) is 25.3 Å². The molecule has 2 rings (SSSR count). The number of pyridine rings is 1. The number of amides is 1. The minimum absolute atomic E-state index is 0.189. The van der Waals surface area contributed by atoms with Gasteiger partial charge in [-0.1, -0.05) is 19.9 Å². The highest BCUT2D eigenvalue weighted by Crippen LogP contribution is 2.23. The Balaban J connectivity index is 1.89. The van der Waals surface area contributed by atoms with Crippen molar-refractivity contribution in [3.8, 4) is 0 Å². The quantitative estimate of drug-likeness (QED) is 0.908. The molecule has 1 atom stereocenters. The van der Waals surface area contributed by atoms with E-state index in [0.29, 0.717) is 18.6 Å². The maximum Gasteiger partial charge on any atom is 0.409 e. The maximum atomic E-state index is 11.7. The van der Waals surface area contributed by atoms with Gasteiger partial charge in [-0.3, -0.25) is 4.98 Å². The first-order valence-corrected chi connectivity index (χ1v) is 8.20. The standard InChI is InChI=1S/C17H27N3O2/c1-4-22-17(21)20-11-8-14(9-12-20)19-16(13(2)3)15-7-5-6-10-18-15/h5-7,10,13-14,16,19H,4,8-9,11-12H2,1-3H3/t16-/m1/s1. The average molecular weight is 305 g/mol. The van der Waals surface area contributed by atoms with Gasteiger partial charge < -0.3 is 15.0 Å². The predicted octanol–water partition coefficient (Wildman–Crippen LogP) is 2.99. The van der Waals surface area contributed by atoms with Crippen molar-refractivity contribution in [1.82, 2.24) is 15.2 Å². The molecule has 2 heterocycles. The van der Waals surface area contributed by atoms with Gasteiger partial charge in [-0.05, 0) is 37.8 Å². The molecule has 0 bridgehead atoms. The smallest absolute Gasteiger partial charge is 0.409 e. The molecule has 22 heavy (non-hydrogen) atoms. The Kier molecular flexibility index (Phi) is 6.19. The molecular formula is C17H27N3O2. The molecule has 5 heteroatoms. The van der Waals surface area contributed by atoms with Crippen LogP contribution in [0, 0.1) is 5.92 Å². The van der Waals surface area contributed by atoms with Gasteiger partial charge in [0.05, 0.1) is 18.3 Å². The molecule has 1 fully saturated rings. The van der Waals surface area contributed by atoms with Crippen LogP contribution in [0.5, 0.6) is 0 Å². The zero-order chi connectivity index (χ0) is 15.9. The van der Waals surface area contributed by atoms with E-state index < -0.39 is 0 Å². The molecule has 1 aliphatic heterocycles. The van der Waals surface area contributed by atoms with Crippen LogP contribution < -0.4 is 5.32 Å². The largest absolute Gasteiger partial charge is 0.450 e. The lowest BCUT2D eigenvalue weighted by molar-refractivity contribution is 0.0934. The Morgan fingerprint density at radius 1 is 1.41 bits per heavy atom. The van der Waals surface area contributed by atoms with Crippen LogP contribution >= 0.6 is 0 Å². The highest BCUT2D eigenvalue weighted by atomic mass is 16.6. The minimum Gasteiger partial charge on any atom is -0.450 e. The van der Waals surface area contributed by atoms with Crippen LogP contribution in [0.1, 0.15) is 45.3 Å². The van der Waals surface area contributed by atoms with E-state index in [1.165, 1.54) is 0 Å². The van der Waals surface area contributed by atoms with Crippen LogP contribution in [-0.2, 0) is 4.74 Å². The molecule has 1 saturated heterocycles. The normalized spacial score (nSPS) is 17.5. The molecule has 1 aliphatic rings. The van der Waals surface area contributed by atoms with Gasteiger partial charge in [0.2, 0.25) is 0 Å². The third-order valence-electron chi connectivity index (χ3n) is 4.11. The Morgan fingerprint density at radius 3 is 2.68 bits per heavy atom. The average Bonchev–Trinajstić information content (AvgIpc) is 2.54. The lowest BCUT2D eigenvalue weighted by Gasteiger charge is -2.35. The second-order valence-electron chi connectivity index (χ2n) is 6.10. The van der Waals surface area contributed by atoms with E-state index in [0.717, 1.165) is 31.6 Å². The number of hydrogen-bond acceptors (Lipinski definition) is 4. The molecule has 0 aromatic carbocycles. The van der Waals surface area contributed by atoms with Gasteiger partial charge in [0.1, 0.15) is 0 Å². The second-order valence-corrected chi connectivity index (χ2v) is 6.10. The van der Waals surface area contributed by atoms with Crippen LogP contribution in [0.2, 0.25) is 0 Å². The van der Waals surface area contributed by atoms with Gasteiger partial charge in [-0.15, -0.1) is 0 Å². The number of likely N-dealkylation sites (tertiary alicyclic amines) is 1. The summed E-state index contributed by atoms with van der Waals surface area (Å²) in [6.45, 7) is 8.20. The highest BCUT2D eigenvalue weighted by molar-refractivity contribution is 5.67. The van der Waals surface area contributed by atoms with Gasteiger partial charge in [-0.25, -0.2) is 4.79 Å². The summed E-state index contributed by atoms with van der Waals surface area (Å²) in [6.07, 6.45) is 3.56. The summed E-state index contributed by atoms with van der Waals surface area (Å²) in [7, 11) is 0. The van der Waals surface area contributed by atoms with E-state index >= 15 is 0 Å². The summed E-state index contributed by atoms with van der Waals surface area (Å²) in [5, 5.41) is 3.72. The zero-order valence-corrected chi connectivity index (χ0v) is 13.8. The van der Waals surface area contributed by atoms with Gasteiger partial charge >= 0.3 is 6.09 Å². The Hall–Kier alpha value is -1.62. The first kappa shape index (κ1) is 16.7. The number of carbonyl (C=O) groups is 1. The maximum absolute atomic E-state index is 11.7. The summed E-state index contributed by atoms with van der Waals surface area (Å²) in [5.74, 6) is 0.470. The Morgan fingerprint density at radius 2 is 2.14 bits per heavy atom. The fourth-order valence-corrected chi connectivity index (χ4v) is 2.88. The van der Waals surface area contributed by atoms with Crippen molar-refractivity contribution >= 4 is 6.09 Å². The summed E-state index contributed by atoms with van der Waals surface area (Å²) >= 11 is 0. The first-order chi connectivity index (χ1) is 10.6. The third kappa shape index (κ3) is 4.44. The number of carbonyl (C=O) groups excluding carboxylic acids is 1. The van der Waals surface area contributed by atoms with E-state index in [2.05, 4.69) is 30.2 Å². The monoisotopic (exact) mass is 305 g/mol. The number of nitrogens with zero attached hydrogens (tertiary/aromatic N) is 2. The molecule has 0 aliphatic carbocycles. The zero-order valence-electron chi connectivity index (χ0n) is 13.8. The van der Waals surface area contributed by atoms with Gasteiger partial charge in [0.25, 0.3) is 0 Å². The molecule has 122 valence electrons. The molecule has 0 radical (unpaired) electrons. The lowest BCUT2D eigenvalue weighted by Crippen LogP contribution is -2.46. The summed E-state index contributed by atoms with van der Waals surface area (Å²) in [4.78, 5) is 18.0. The third-order valence-corrected chi connectivity index (χ3v) is 4.11. The van der Waals surface area contributed by atoms with Crippen molar-refractivity contribution in [2.75, 3.05) is 19.7 Å². The van der Waals surface area contributed by atoms with E-state index in [1.54, 1.807) is 4.90 Å². The second kappa shape index (κ2) is 8.13. The van der Waals surface area contributed by atoms with Crippen molar-refractivity contribution in [3.63, 3.8) is 0 Å². The lowest BCUT2D eigenvalue weighted by atomic mass is 9.96. The predicted molar refractivity (Wildman–Crippen MR) is 86.6 cm³/mol. The molecule has 1 amide bonds. The highest BCUT2D eigenvalue weighted by Gasteiger charge is 2.27. The number of hydrogen-bond donors (Lipinski definition) is 1. The SMILES string of the molecule is CCOC(=O)N1CCC(N[C@@H](c2ccccn2)C(C)C)CC1. The molecule has 0 spiro atoms. The number of ether oxygens (including phenoxy) is 1. The molecule has 0 saturated carbocycles.